The Morgan fingerprint density at radius 2 is 2.17 bits per heavy atom. The molecule has 2 aromatic heterocycles. The zero-order valence-electron chi connectivity index (χ0n) is 10.7. The van der Waals surface area contributed by atoms with Crippen molar-refractivity contribution in [3.8, 4) is 5.88 Å². The Kier molecular flexibility index (Phi) is 4.30. The maximum atomic E-state index is 5.55. The lowest BCUT2D eigenvalue weighted by Gasteiger charge is -2.05. The van der Waals surface area contributed by atoms with Crippen LogP contribution in [0.2, 0.25) is 0 Å². The summed E-state index contributed by atoms with van der Waals surface area (Å²) >= 11 is 0. The van der Waals surface area contributed by atoms with Crippen LogP contribution in [0.1, 0.15) is 24.0 Å². The number of rotatable bonds is 6. The minimum Gasteiger partial charge on any atom is -0.470 e. The summed E-state index contributed by atoms with van der Waals surface area (Å²) in [5, 5.41) is 10.1. The van der Waals surface area contributed by atoms with Crippen LogP contribution in [-0.4, -0.2) is 21.7 Å². The van der Waals surface area contributed by atoms with E-state index < -0.39 is 0 Å². The molecule has 0 saturated heterocycles. The van der Waals surface area contributed by atoms with E-state index in [1.165, 1.54) is 0 Å². The highest BCUT2D eigenvalue weighted by molar-refractivity contribution is 5.14. The summed E-state index contributed by atoms with van der Waals surface area (Å²) in [6.45, 7) is 6.17. The fourth-order valence-corrected chi connectivity index (χ4v) is 1.58. The highest BCUT2D eigenvalue weighted by atomic mass is 16.5. The molecule has 5 nitrogen and oxygen atoms in total. The van der Waals surface area contributed by atoms with E-state index in [2.05, 4.69) is 27.4 Å². The largest absolute Gasteiger partial charge is 0.470 e. The van der Waals surface area contributed by atoms with Gasteiger partial charge in [0.05, 0.1) is 11.4 Å². The van der Waals surface area contributed by atoms with Gasteiger partial charge in [0.1, 0.15) is 6.61 Å². The Morgan fingerprint density at radius 3 is 2.89 bits per heavy atom. The predicted octanol–water partition coefficient (Wildman–Crippen LogP) is 1.80. The van der Waals surface area contributed by atoms with Crippen LogP contribution in [0.5, 0.6) is 5.88 Å². The normalized spacial score (nSPS) is 10.6. The van der Waals surface area contributed by atoms with Gasteiger partial charge in [0, 0.05) is 18.3 Å². The quantitative estimate of drug-likeness (QED) is 0.816. The number of ether oxygens (including phenoxy) is 1. The van der Waals surface area contributed by atoms with E-state index >= 15 is 0 Å². The van der Waals surface area contributed by atoms with Crippen molar-refractivity contribution in [1.82, 2.24) is 20.5 Å². The van der Waals surface area contributed by atoms with Crippen molar-refractivity contribution in [2.45, 2.75) is 27.0 Å². The number of aromatic amines is 1. The number of aryl methyl sites for hydroxylation is 1. The number of nitrogens with one attached hydrogen (secondary N) is 2. The average molecular weight is 246 g/mol. The molecule has 0 amide bonds. The molecular weight excluding hydrogens is 228 g/mol. The molecule has 0 saturated carbocycles. The van der Waals surface area contributed by atoms with Gasteiger partial charge in [0.25, 0.3) is 0 Å². The van der Waals surface area contributed by atoms with Crippen LogP contribution in [0, 0.1) is 6.92 Å². The first-order chi connectivity index (χ1) is 8.78. The number of aromatic nitrogens is 3. The molecule has 18 heavy (non-hydrogen) atoms. The van der Waals surface area contributed by atoms with Crippen LogP contribution < -0.4 is 10.1 Å². The molecule has 0 unspecified atom stereocenters. The van der Waals surface area contributed by atoms with Gasteiger partial charge in [0.2, 0.25) is 5.88 Å². The third kappa shape index (κ3) is 3.56. The number of pyridine rings is 1. The molecule has 2 aromatic rings. The van der Waals surface area contributed by atoms with E-state index in [0.29, 0.717) is 12.5 Å². The maximum absolute atomic E-state index is 5.55. The topological polar surface area (TPSA) is 62.8 Å². The lowest BCUT2D eigenvalue weighted by molar-refractivity contribution is 0.288. The molecule has 96 valence electrons. The summed E-state index contributed by atoms with van der Waals surface area (Å²) in [4.78, 5) is 4.51. The molecule has 0 aliphatic rings. The van der Waals surface area contributed by atoms with Gasteiger partial charge in [0.15, 0.2) is 0 Å². The number of H-pyrrole nitrogens is 1. The van der Waals surface area contributed by atoms with Gasteiger partial charge >= 0.3 is 0 Å². The number of hydrogen-bond acceptors (Lipinski definition) is 4. The van der Waals surface area contributed by atoms with Crippen molar-refractivity contribution >= 4 is 0 Å². The molecule has 2 rings (SSSR count). The van der Waals surface area contributed by atoms with Crippen LogP contribution in [0.3, 0.4) is 0 Å². The van der Waals surface area contributed by atoms with Crippen LogP contribution in [0.15, 0.2) is 24.3 Å². The SMILES string of the molecule is CCNCc1cccc(COc2cc(C)[nH]n2)n1. The van der Waals surface area contributed by atoms with Gasteiger partial charge in [-0.2, -0.15) is 0 Å². The standard InChI is InChI=1S/C13H18N4O/c1-3-14-8-11-5-4-6-12(15-11)9-18-13-7-10(2)16-17-13/h4-7,14H,3,8-9H2,1-2H3,(H,16,17). The van der Waals surface area contributed by atoms with Gasteiger partial charge in [-0.15, -0.1) is 5.10 Å². The lowest BCUT2D eigenvalue weighted by Crippen LogP contribution is -2.13. The molecule has 0 spiro atoms. The highest BCUT2D eigenvalue weighted by Crippen LogP contribution is 2.09. The van der Waals surface area contributed by atoms with Gasteiger partial charge in [-0.05, 0) is 25.6 Å². The minimum atomic E-state index is 0.435. The third-order valence-corrected chi connectivity index (χ3v) is 2.47. The van der Waals surface area contributed by atoms with Crippen LogP contribution in [0.25, 0.3) is 0 Å². The molecule has 0 aromatic carbocycles. The van der Waals surface area contributed by atoms with E-state index in [4.69, 9.17) is 4.74 Å². The van der Waals surface area contributed by atoms with Crippen molar-refractivity contribution in [2.24, 2.45) is 0 Å². The monoisotopic (exact) mass is 246 g/mol. The van der Waals surface area contributed by atoms with E-state index in [1.807, 2.05) is 31.2 Å². The minimum absolute atomic E-state index is 0.435. The van der Waals surface area contributed by atoms with Gasteiger partial charge in [-0.3, -0.25) is 10.1 Å². The second kappa shape index (κ2) is 6.16. The molecule has 0 fully saturated rings. The summed E-state index contributed by atoms with van der Waals surface area (Å²) in [6.07, 6.45) is 0. The molecule has 0 radical (unpaired) electrons. The van der Waals surface area contributed by atoms with E-state index in [-0.39, 0.29) is 0 Å². The molecule has 2 heterocycles. The van der Waals surface area contributed by atoms with E-state index in [9.17, 15) is 0 Å². The fourth-order valence-electron chi connectivity index (χ4n) is 1.58. The summed E-state index contributed by atoms with van der Waals surface area (Å²) in [5.41, 5.74) is 2.92. The number of nitrogens with zero attached hydrogens (tertiary/aromatic N) is 2. The van der Waals surface area contributed by atoms with E-state index in [1.54, 1.807) is 0 Å². The smallest absolute Gasteiger partial charge is 0.233 e. The second-order valence-electron chi connectivity index (χ2n) is 4.08. The molecule has 0 atom stereocenters. The highest BCUT2D eigenvalue weighted by Gasteiger charge is 2.01. The number of hydrogen-bond donors (Lipinski definition) is 2. The first kappa shape index (κ1) is 12.6. The summed E-state index contributed by atoms with van der Waals surface area (Å²) in [7, 11) is 0. The Labute approximate surface area is 107 Å². The van der Waals surface area contributed by atoms with E-state index in [0.717, 1.165) is 30.2 Å². The zero-order chi connectivity index (χ0) is 12.8. The first-order valence-electron chi connectivity index (χ1n) is 6.08. The van der Waals surface area contributed by atoms with Crippen molar-refractivity contribution < 1.29 is 4.74 Å². The maximum Gasteiger partial charge on any atom is 0.233 e. The molecule has 2 N–H and O–H groups in total. The second-order valence-corrected chi connectivity index (χ2v) is 4.08. The summed E-state index contributed by atoms with van der Waals surface area (Å²) in [6, 6.07) is 7.82. The Bertz CT molecular complexity index is 495. The molecule has 0 bridgehead atoms. The zero-order valence-corrected chi connectivity index (χ0v) is 10.7. The first-order valence-corrected chi connectivity index (χ1v) is 6.08. The Hall–Kier alpha value is -1.88. The molecule has 5 heteroatoms. The Morgan fingerprint density at radius 1 is 1.33 bits per heavy atom. The predicted molar refractivity (Wildman–Crippen MR) is 69.3 cm³/mol. The molecule has 0 aliphatic heterocycles. The summed E-state index contributed by atoms with van der Waals surface area (Å²) in [5.74, 6) is 0.603. The van der Waals surface area contributed by atoms with Crippen LogP contribution in [-0.2, 0) is 13.2 Å². The van der Waals surface area contributed by atoms with Gasteiger partial charge in [-0.25, -0.2) is 0 Å². The van der Waals surface area contributed by atoms with Crippen LogP contribution in [0.4, 0.5) is 0 Å². The van der Waals surface area contributed by atoms with Crippen molar-refractivity contribution in [2.75, 3.05) is 6.54 Å². The van der Waals surface area contributed by atoms with Crippen molar-refractivity contribution in [3.63, 3.8) is 0 Å². The Balaban J connectivity index is 1.92. The van der Waals surface area contributed by atoms with Crippen LogP contribution >= 0.6 is 0 Å². The van der Waals surface area contributed by atoms with Gasteiger partial charge < -0.3 is 10.1 Å². The summed E-state index contributed by atoms with van der Waals surface area (Å²) < 4.78 is 5.55. The average Bonchev–Trinajstić information content (AvgIpc) is 2.80. The lowest BCUT2D eigenvalue weighted by atomic mass is 10.3. The molecule has 0 aliphatic carbocycles. The van der Waals surface area contributed by atoms with Crippen molar-refractivity contribution in [3.05, 3.63) is 41.3 Å². The van der Waals surface area contributed by atoms with Gasteiger partial charge in [-0.1, -0.05) is 13.0 Å². The fraction of sp³-hybridized carbons (Fsp3) is 0.385. The molecular formula is C13H18N4O. The van der Waals surface area contributed by atoms with Crippen molar-refractivity contribution in [1.29, 1.82) is 0 Å². The third-order valence-electron chi connectivity index (χ3n) is 2.47.